The highest BCUT2D eigenvalue weighted by Gasteiger charge is 2.42. The van der Waals surface area contributed by atoms with Crippen LogP contribution in [0.4, 0.5) is 0 Å². The number of fused-ring (bicyclic) bond motifs is 1. The molecule has 1 aromatic carbocycles. The number of carbonyl (C=O) groups excluding carboxylic acids is 1. The number of aromatic nitrogens is 1. The van der Waals surface area contributed by atoms with Crippen molar-refractivity contribution in [3.05, 3.63) is 66.2 Å². The molecule has 1 saturated heterocycles. The lowest BCUT2D eigenvalue weighted by Crippen LogP contribution is -2.39. The Bertz CT molecular complexity index is 994. The number of benzene rings is 1. The molecule has 7 heteroatoms. The minimum atomic E-state index is -3.63. The number of nitrogens with zero attached hydrogens (tertiary/aromatic N) is 2. The van der Waals surface area contributed by atoms with Crippen LogP contribution in [0.3, 0.4) is 0 Å². The van der Waals surface area contributed by atoms with Gasteiger partial charge < -0.3 is 4.42 Å². The normalized spacial score (nSPS) is 19.4. The molecular weight excluding hydrogens is 340 g/mol. The minimum Gasteiger partial charge on any atom is -0.451 e. The number of pyridine rings is 1. The van der Waals surface area contributed by atoms with Crippen molar-refractivity contribution in [2.24, 2.45) is 0 Å². The molecule has 128 valence electrons. The molecule has 0 saturated carbocycles. The van der Waals surface area contributed by atoms with Gasteiger partial charge in [-0.05, 0) is 30.5 Å². The van der Waals surface area contributed by atoms with Crippen molar-refractivity contribution < 1.29 is 17.6 Å². The summed E-state index contributed by atoms with van der Waals surface area (Å²) in [5.74, 6) is -0.626. The van der Waals surface area contributed by atoms with Gasteiger partial charge >= 0.3 is 5.91 Å². The fourth-order valence-electron chi connectivity index (χ4n) is 3.19. The SMILES string of the molecule is O=C(c1cc2cnccc2o1)N1C(Cc2ccccc2)CCS1(=O)=O. The summed E-state index contributed by atoms with van der Waals surface area (Å²) in [6, 6.07) is 12.4. The molecule has 4 rings (SSSR count). The summed E-state index contributed by atoms with van der Waals surface area (Å²) in [4.78, 5) is 16.8. The van der Waals surface area contributed by atoms with E-state index in [0.717, 1.165) is 9.87 Å². The first kappa shape index (κ1) is 15.8. The maximum atomic E-state index is 12.9. The third kappa shape index (κ3) is 2.91. The number of amides is 1. The van der Waals surface area contributed by atoms with Crippen molar-refractivity contribution in [3.8, 4) is 0 Å². The van der Waals surface area contributed by atoms with E-state index in [4.69, 9.17) is 4.42 Å². The van der Waals surface area contributed by atoms with Crippen LogP contribution in [0.5, 0.6) is 0 Å². The maximum Gasteiger partial charge on any atom is 0.303 e. The standard InChI is InChI=1S/C18H16N2O4S/c21-18(17-11-14-12-19-8-6-16(14)24-17)20-15(7-9-25(20,22)23)10-13-4-2-1-3-5-13/h1-6,8,11-12,15H,7,9-10H2. The zero-order valence-electron chi connectivity index (χ0n) is 13.3. The van der Waals surface area contributed by atoms with E-state index in [1.807, 2.05) is 30.3 Å². The Hall–Kier alpha value is -2.67. The Kier molecular flexibility index (Phi) is 3.80. The molecule has 0 N–H and O–H groups in total. The zero-order valence-corrected chi connectivity index (χ0v) is 14.1. The summed E-state index contributed by atoms with van der Waals surface area (Å²) in [5, 5.41) is 0.669. The van der Waals surface area contributed by atoms with E-state index in [2.05, 4.69) is 4.98 Å². The summed E-state index contributed by atoms with van der Waals surface area (Å²) >= 11 is 0. The largest absolute Gasteiger partial charge is 0.451 e. The van der Waals surface area contributed by atoms with E-state index in [9.17, 15) is 13.2 Å². The van der Waals surface area contributed by atoms with Gasteiger partial charge in [-0.2, -0.15) is 0 Å². The van der Waals surface area contributed by atoms with E-state index in [-0.39, 0.29) is 11.5 Å². The highest BCUT2D eigenvalue weighted by Crippen LogP contribution is 2.28. The van der Waals surface area contributed by atoms with Gasteiger partial charge in [0.2, 0.25) is 10.0 Å². The molecule has 1 aliphatic heterocycles. The number of rotatable bonds is 3. The highest BCUT2D eigenvalue weighted by molar-refractivity contribution is 7.89. The van der Waals surface area contributed by atoms with Gasteiger partial charge in [0.1, 0.15) is 5.58 Å². The van der Waals surface area contributed by atoms with Crippen molar-refractivity contribution in [2.75, 3.05) is 5.75 Å². The molecule has 1 unspecified atom stereocenters. The molecule has 2 aromatic heterocycles. The van der Waals surface area contributed by atoms with Crippen molar-refractivity contribution in [1.29, 1.82) is 0 Å². The zero-order chi connectivity index (χ0) is 17.4. The number of sulfonamides is 1. The molecule has 1 atom stereocenters. The minimum absolute atomic E-state index is 0.0199. The Morgan fingerprint density at radius 3 is 2.80 bits per heavy atom. The average molecular weight is 356 g/mol. The van der Waals surface area contributed by atoms with E-state index < -0.39 is 22.0 Å². The van der Waals surface area contributed by atoms with Gasteiger partial charge in [-0.25, -0.2) is 12.7 Å². The van der Waals surface area contributed by atoms with Gasteiger partial charge in [0.25, 0.3) is 0 Å². The number of hydrogen-bond acceptors (Lipinski definition) is 5. The van der Waals surface area contributed by atoms with E-state index in [1.54, 1.807) is 18.5 Å². The predicted octanol–water partition coefficient (Wildman–Crippen LogP) is 2.61. The second-order valence-corrected chi connectivity index (χ2v) is 8.04. The van der Waals surface area contributed by atoms with Crippen LogP contribution in [0.15, 0.2) is 59.3 Å². The molecule has 0 spiro atoms. The molecule has 0 radical (unpaired) electrons. The summed E-state index contributed by atoms with van der Waals surface area (Å²) in [7, 11) is -3.63. The van der Waals surface area contributed by atoms with Crippen molar-refractivity contribution >= 4 is 26.9 Å². The maximum absolute atomic E-state index is 12.9. The molecule has 3 aromatic rings. The second kappa shape index (κ2) is 6.00. The summed E-state index contributed by atoms with van der Waals surface area (Å²) in [6.45, 7) is 0. The van der Waals surface area contributed by atoms with Crippen molar-refractivity contribution in [2.45, 2.75) is 18.9 Å². The lowest BCUT2D eigenvalue weighted by molar-refractivity contribution is 0.0804. The van der Waals surface area contributed by atoms with E-state index >= 15 is 0 Å². The van der Waals surface area contributed by atoms with E-state index in [0.29, 0.717) is 23.8 Å². The van der Waals surface area contributed by atoms with Crippen LogP contribution in [0.1, 0.15) is 22.5 Å². The van der Waals surface area contributed by atoms with Gasteiger partial charge in [-0.3, -0.25) is 9.78 Å². The Morgan fingerprint density at radius 2 is 2.04 bits per heavy atom. The first-order chi connectivity index (χ1) is 12.0. The topological polar surface area (TPSA) is 80.5 Å². The van der Waals surface area contributed by atoms with Crippen LogP contribution in [-0.4, -0.2) is 35.4 Å². The molecule has 0 aliphatic carbocycles. The van der Waals surface area contributed by atoms with Gasteiger partial charge in [0, 0.05) is 17.8 Å². The van der Waals surface area contributed by atoms with Crippen LogP contribution in [0, 0.1) is 0 Å². The van der Waals surface area contributed by atoms with Crippen molar-refractivity contribution in [1.82, 2.24) is 9.29 Å². The summed E-state index contributed by atoms with van der Waals surface area (Å²) < 4.78 is 31.4. The van der Waals surface area contributed by atoms with Gasteiger partial charge in [-0.1, -0.05) is 30.3 Å². The van der Waals surface area contributed by atoms with Crippen molar-refractivity contribution in [3.63, 3.8) is 0 Å². The first-order valence-electron chi connectivity index (χ1n) is 7.98. The average Bonchev–Trinajstić information content (AvgIpc) is 3.16. The molecule has 3 heterocycles. The summed E-state index contributed by atoms with van der Waals surface area (Å²) in [6.07, 6.45) is 4.05. The lowest BCUT2D eigenvalue weighted by Gasteiger charge is -2.22. The van der Waals surface area contributed by atoms with Gasteiger partial charge in [0.15, 0.2) is 5.76 Å². The molecular formula is C18H16N2O4S. The molecule has 25 heavy (non-hydrogen) atoms. The quantitative estimate of drug-likeness (QED) is 0.721. The predicted molar refractivity (Wildman–Crippen MR) is 92.5 cm³/mol. The Labute approximate surface area is 145 Å². The molecule has 1 aliphatic rings. The van der Waals surface area contributed by atoms with Crippen LogP contribution in [-0.2, 0) is 16.4 Å². The number of hydrogen-bond donors (Lipinski definition) is 0. The molecule has 0 bridgehead atoms. The second-order valence-electron chi connectivity index (χ2n) is 6.07. The van der Waals surface area contributed by atoms with Gasteiger partial charge in [-0.15, -0.1) is 0 Å². The van der Waals surface area contributed by atoms with Crippen LogP contribution < -0.4 is 0 Å². The molecule has 6 nitrogen and oxygen atoms in total. The fourth-order valence-corrected chi connectivity index (χ4v) is 4.93. The summed E-state index contributed by atoms with van der Waals surface area (Å²) in [5.41, 5.74) is 1.51. The number of carbonyl (C=O) groups is 1. The van der Waals surface area contributed by atoms with Gasteiger partial charge in [0.05, 0.1) is 11.8 Å². The monoisotopic (exact) mass is 356 g/mol. The third-order valence-corrected chi connectivity index (χ3v) is 6.20. The molecule has 1 amide bonds. The number of furan rings is 1. The smallest absolute Gasteiger partial charge is 0.303 e. The van der Waals surface area contributed by atoms with Crippen LogP contribution in [0.2, 0.25) is 0 Å². The first-order valence-corrected chi connectivity index (χ1v) is 9.59. The third-order valence-electron chi connectivity index (χ3n) is 4.38. The van der Waals surface area contributed by atoms with Crippen LogP contribution >= 0.6 is 0 Å². The molecule has 1 fully saturated rings. The Morgan fingerprint density at radius 1 is 1.24 bits per heavy atom. The lowest BCUT2D eigenvalue weighted by atomic mass is 10.0. The van der Waals surface area contributed by atoms with Crippen LogP contribution in [0.25, 0.3) is 11.0 Å². The highest BCUT2D eigenvalue weighted by atomic mass is 32.2. The Balaban J connectivity index is 1.67. The fraction of sp³-hybridized carbons (Fsp3) is 0.222. The van der Waals surface area contributed by atoms with E-state index in [1.165, 1.54) is 6.07 Å².